The van der Waals surface area contributed by atoms with E-state index in [4.69, 9.17) is 5.11 Å². The predicted octanol–water partition coefficient (Wildman–Crippen LogP) is 2.61. The summed E-state index contributed by atoms with van der Waals surface area (Å²) < 4.78 is 1.45. The van der Waals surface area contributed by atoms with Crippen molar-refractivity contribution in [3.63, 3.8) is 0 Å². The van der Waals surface area contributed by atoms with E-state index in [0.717, 1.165) is 6.42 Å². The first-order valence-corrected chi connectivity index (χ1v) is 7.42. The highest BCUT2D eigenvalue weighted by Crippen LogP contribution is 2.28. The summed E-state index contributed by atoms with van der Waals surface area (Å²) in [5.41, 5.74) is 0. The molecule has 0 saturated carbocycles. The number of rotatable bonds is 8. The van der Waals surface area contributed by atoms with Crippen molar-refractivity contribution in [1.29, 1.82) is 0 Å². The van der Waals surface area contributed by atoms with Gasteiger partial charge in [-0.2, -0.15) is 9.38 Å². The second kappa shape index (κ2) is 6.53. The van der Waals surface area contributed by atoms with Crippen LogP contribution in [0.2, 0.25) is 0 Å². The third kappa shape index (κ3) is 3.69. The monoisotopic (exact) mass is 312 g/mol. The first-order valence-electron chi connectivity index (χ1n) is 6.54. The molecule has 0 radical (unpaired) electrons. The zero-order valence-electron chi connectivity index (χ0n) is 11.5. The molecule has 2 heterocycles. The van der Waals surface area contributed by atoms with E-state index in [1.54, 1.807) is 11.6 Å². The minimum atomic E-state index is -0.806. The lowest BCUT2D eigenvalue weighted by molar-refractivity contribution is -0.389. The van der Waals surface area contributed by atoms with Crippen molar-refractivity contribution in [3.05, 3.63) is 21.7 Å². The normalized spacial score (nSPS) is 12.4. The van der Waals surface area contributed by atoms with Crippen molar-refractivity contribution < 1.29 is 14.8 Å². The van der Waals surface area contributed by atoms with Crippen LogP contribution in [0, 0.1) is 16.0 Å². The zero-order valence-corrected chi connectivity index (χ0v) is 12.3. The van der Waals surface area contributed by atoms with E-state index in [1.165, 1.54) is 15.7 Å². The number of carbonyl (C=O) groups is 1. The number of hydrogen-bond donors (Lipinski definition) is 2. The molecule has 0 aromatic carbocycles. The van der Waals surface area contributed by atoms with Gasteiger partial charge in [0, 0.05) is 18.3 Å². The standard InChI is InChI=1S/C12H16N4O4S/c1-8(2-3-9(17)18)4-5-13-10-11(16(19)20)15-6-7-21-12(15)14-10/h6-8,13H,2-5H2,1H3,(H,17,18). The molecule has 0 aliphatic carbocycles. The quantitative estimate of drug-likeness (QED) is 0.572. The highest BCUT2D eigenvalue weighted by atomic mass is 32.1. The summed E-state index contributed by atoms with van der Waals surface area (Å²) in [5, 5.41) is 24.4. The van der Waals surface area contributed by atoms with Crippen LogP contribution in [-0.4, -0.2) is 31.9 Å². The maximum atomic E-state index is 11.1. The van der Waals surface area contributed by atoms with E-state index >= 15 is 0 Å². The average molecular weight is 312 g/mol. The van der Waals surface area contributed by atoms with Crippen molar-refractivity contribution >= 4 is 33.9 Å². The number of fused-ring (bicyclic) bond motifs is 1. The molecular weight excluding hydrogens is 296 g/mol. The number of aliphatic carboxylic acids is 1. The molecule has 0 aliphatic heterocycles. The fourth-order valence-corrected chi connectivity index (χ4v) is 2.73. The number of carboxylic acids is 1. The summed E-state index contributed by atoms with van der Waals surface area (Å²) >= 11 is 1.33. The van der Waals surface area contributed by atoms with Gasteiger partial charge in [-0.15, -0.1) is 0 Å². The first-order chi connectivity index (χ1) is 9.99. The molecule has 0 aliphatic rings. The van der Waals surface area contributed by atoms with Gasteiger partial charge in [-0.05, 0) is 23.7 Å². The van der Waals surface area contributed by atoms with Crippen LogP contribution in [0.1, 0.15) is 26.2 Å². The van der Waals surface area contributed by atoms with Crippen LogP contribution in [0.3, 0.4) is 0 Å². The Labute approximate surface area is 124 Å². The highest BCUT2D eigenvalue weighted by molar-refractivity contribution is 7.15. The van der Waals surface area contributed by atoms with Crippen LogP contribution in [0.5, 0.6) is 0 Å². The number of nitrogens with one attached hydrogen (secondary N) is 1. The molecule has 0 saturated heterocycles. The van der Waals surface area contributed by atoms with Crippen LogP contribution in [0.15, 0.2) is 11.6 Å². The second-order valence-electron chi connectivity index (χ2n) is 4.85. The van der Waals surface area contributed by atoms with E-state index in [1.807, 2.05) is 6.92 Å². The number of nitro groups is 1. The highest BCUT2D eigenvalue weighted by Gasteiger charge is 2.23. The van der Waals surface area contributed by atoms with Gasteiger partial charge in [-0.3, -0.25) is 4.79 Å². The van der Waals surface area contributed by atoms with Gasteiger partial charge < -0.3 is 20.5 Å². The Hall–Kier alpha value is -2.16. The maximum Gasteiger partial charge on any atom is 0.372 e. The van der Waals surface area contributed by atoms with Gasteiger partial charge in [0.15, 0.2) is 0 Å². The zero-order chi connectivity index (χ0) is 15.4. The number of imidazole rings is 1. The lowest BCUT2D eigenvalue weighted by Crippen LogP contribution is -2.09. The van der Waals surface area contributed by atoms with Crippen LogP contribution < -0.4 is 5.32 Å². The van der Waals surface area contributed by atoms with E-state index in [2.05, 4.69) is 10.3 Å². The van der Waals surface area contributed by atoms with E-state index in [9.17, 15) is 14.9 Å². The summed E-state index contributed by atoms with van der Waals surface area (Å²) in [5.74, 6) is -0.377. The number of aromatic nitrogens is 2. The van der Waals surface area contributed by atoms with Crippen molar-refractivity contribution in [2.75, 3.05) is 11.9 Å². The molecule has 0 spiro atoms. The Morgan fingerprint density at radius 3 is 3.05 bits per heavy atom. The van der Waals surface area contributed by atoms with E-state index in [-0.39, 0.29) is 24.0 Å². The topological polar surface area (TPSA) is 110 Å². The molecule has 21 heavy (non-hydrogen) atoms. The van der Waals surface area contributed by atoms with Gasteiger partial charge in [-0.1, -0.05) is 18.3 Å². The summed E-state index contributed by atoms with van der Waals surface area (Å²) in [6.07, 6.45) is 3.08. The lowest BCUT2D eigenvalue weighted by Gasteiger charge is -2.10. The van der Waals surface area contributed by atoms with Crippen LogP contribution in [0.4, 0.5) is 11.6 Å². The molecule has 1 unspecified atom stereocenters. The molecule has 8 nitrogen and oxygen atoms in total. The SMILES string of the molecule is CC(CCNc1nc2sccn2c1[N+](=O)[O-])CCC(=O)O. The van der Waals surface area contributed by atoms with Crippen LogP contribution in [-0.2, 0) is 4.79 Å². The number of anilines is 1. The van der Waals surface area contributed by atoms with E-state index in [0.29, 0.717) is 17.9 Å². The minimum absolute atomic E-state index is 0.0653. The van der Waals surface area contributed by atoms with E-state index < -0.39 is 10.9 Å². The average Bonchev–Trinajstić information content (AvgIpc) is 2.95. The Bertz CT molecular complexity index is 651. The Morgan fingerprint density at radius 1 is 1.62 bits per heavy atom. The van der Waals surface area contributed by atoms with Crippen LogP contribution >= 0.6 is 11.3 Å². The van der Waals surface area contributed by atoms with Crippen molar-refractivity contribution in [2.45, 2.75) is 26.2 Å². The molecule has 0 bridgehead atoms. The second-order valence-corrected chi connectivity index (χ2v) is 5.72. The number of thiazole rings is 1. The van der Waals surface area contributed by atoms with Gasteiger partial charge in [0.1, 0.15) is 6.20 Å². The molecule has 9 heteroatoms. The van der Waals surface area contributed by atoms with Gasteiger partial charge in [-0.25, -0.2) is 0 Å². The summed E-state index contributed by atoms with van der Waals surface area (Å²) in [6, 6.07) is 0. The Kier molecular flexibility index (Phi) is 4.73. The first kappa shape index (κ1) is 15.2. The number of nitrogens with zero attached hydrogens (tertiary/aromatic N) is 3. The van der Waals surface area contributed by atoms with Gasteiger partial charge in [0.05, 0.1) is 0 Å². The predicted molar refractivity (Wildman–Crippen MR) is 78.9 cm³/mol. The maximum absolute atomic E-state index is 11.1. The smallest absolute Gasteiger partial charge is 0.372 e. The van der Waals surface area contributed by atoms with Crippen LogP contribution in [0.25, 0.3) is 4.96 Å². The molecule has 2 aromatic heterocycles. The molecule has 0 fully saturated rings. The fourth-order valence-electron chi connectivity index (χ4n) is 2.02. The van der Waals surface area contributed by atoms with Gasteiger partial charge in [0.25, 0.3) is 4.96 Å². The molecule has 1 atom stereocenters. The number of hydrogen-bond acceptors (Lipinski definition) is 6. The third-order valence-corrected chi connectivity index (χ3v) is 3.95. The van der Waals surface area contributed by atoms with Crippen molar-refractivity contribution in [1.82, 2.24) is 9.38 Å². The molecular formula is C12H16N4O4S. The molecule has 0 amide bonds. The third-order valence-electron chi connectivity index (χ3n) is 3.19. The van der Waals surface area contributed by atoms with Gasteiger partial charge in [0.2, 0.25) is 5.82 Å². The summed E-state index contributed by atoms with van der Waals surface area (Å²) in [6.45, 7) is 2.48. The molecule has 2 N–H and O–H groups in total. The molecule has 114 valence electrons. The van der Waals surface area contributed by atoms with Crippen molar-refractivity contribution in [3.8, 4) is 0 Å². The Morgan fingerprint density at radius 2 is 2.38 bits per heavy atom. The molecule has 2 rings (SSSR count). The van der Waals surface area contributed by atoms with Crippen molar-refractivity contribution in [2.24, 2.45) is 5.92 Å². The number of carboxylic acid groups (broad SMARTS) is 1. The van der Waals surface area contributed by atoms with Gasteiger partial charge >= 0.3 is 11.8 Å². The summed E-state index contributed by atoms with van der Waals surface area (Å²) in [7, 11) is 0. The minimum Gasteiger partial charge on any atom is -0.481 e. The fraction of sp³-hybridized carbons (Fsp3) is 0.500. The lowest BCUT2D eigenvalue weighted by atomic mass is 10.0. The Balaban J connectivity index is 1.94. The molecule has 2 aromatic rings. The largest absolute Gasteiger partial charge is 0.481 e. The summed E-state index contributed by atoms with van der Waals surface area (Å²) in [4.78, 5) is 25.9.